The lowest BCUT2D eigenvalue weighted by molar-refractivity contribution is 0.296. The summed E-state index contributed by atoms with van der Waals surface area (Å²) in [7, 11) is 0. The van der Waals surface area contributed by atoms with Gasteiger partial charge in [-0.15, -0.1) is 0 Å². The van der Waals surface area contributed by atoms with E-state index in [4.69, 9.17) is 16.3 Å². The SMILES string of the molecule is O=c1c2cccnc2ncn1CCOc1cccc(Cl)c1. The third-order valence-electron chi connectivity index (χ3n) is 2.99. The number of benzene rings is 1. The lowest BCUT2D eigenvalue weighted by Gasteiger charge is -2.08. The number of rotatable bonds is 4. The Hall–Kier alpha value is -2.40. The van der Waals surface area contributed by atoms with Crippen molar-refractivity contribution in [1.29, 1.82) is 0 Å². The van der Waals surface area contributed by atoms with E-state index in [-0.39, 0.29) is 5.56 Å². The number of aromatic nitrogens is 3. The average Bonchev–Trinajstić information content (AvgIpc) is 2.50. The van der Waals surface area contributed by atoms with Gasteiger partial charge in [0.1, 0.15) is 18.7 Å². The van der Waals surface area contributed by atoms with E-state index < -0.39 is 0 Å². The normalized spacial score (nSPS) is 10.7. The molecule has 0 radical (unpaired) electrons. The maximum absolute atomic E-state index is 12.2. The molecule has 0 atom stereocenters. The van der Waals surface area contributed by atoms with Gasteiger partial charge in [0.25, 0.3) is 5.56 Å². The van der Waals surface area contributed by atoms with Crippen LogP contribution >= 0.6 is 11.6 Å². The predicted octanol–water partition coefficient (Wildman–Crippen LogP) is 2.52. The number of hydrogen-bond donors (Lipinski definition) is 0. The third-order valence-corrected chi connectivity index (χ3v) is 3.23. The zero-order chi connectivity index (χ0) is 14.7. The molecule has 0 aliphatic rings. The Morgan fingerprint density at radius 1 is 1.19 bits per heavy atom. The number of fused-ring (bicyclic) bond motifs is 1. The van der Waals surface area contributed by atoms with E-state index in [9.17, 15) is 4.79 Å². The molecule has 6 heteroatoms. The van der Waals surface area contributed by atoms with Crippen molar-refractivity contribution in [3.8, 4) is 5.75 Å². The van der Waals surface area contributed by atoms with Gasteiger partial charge in [-0.25, -0.2) is 9.97 Å². The molecule has 0 amide bonds. The number of pyridine rings is 1. The van der Waals surface area contributed by atoms with Crippen LogP contribution in [0.25, 0.3) is 11.0 Å². The van der Waals surface area contributed by atoms with E-state index in [0.717, 1.165) is 0 Å². The van der Waals surface area contributed by atoms with Crippen molar-refractivity contribution in [2.24, 2.45) is 0 Å². The second-order valence-electron chi connectivity index (χ2n) is 4.42. The predicted molar refractivity (Wildman–Crippen MR) is 80.7 cm³/mol. The van der Waals surface area contributed by atoms with E-state index in [2.05, 4.69) is 9.97 Å². The van der Waals surface area contributed by atoms with Gasteiger partial charge in [0.15, 0.2) is 5.65 Å². The second-order valence-corrected chi connectivity index (χ2v) is 4.86. The first kappa shape index (κ1) is 13.6. The largest absolute Gasteiger partial charge is 0.492 e. The van der Waals surface area contributed by atoms with E-state index in [0.29, 0.717) is 35.0 Å². The molecule has 0 N–H and O–H groups in total. The Labute approximate surface area is 125 Å². The molecule has 0 aliphatic carbocycles. The van der Waals surface area contributed by atoms with Gasteiger partial charge in [0, 0.05) is 11.2 Å². The summed E-state index contributed by atoms with van der Waals surface area (Å²) >= 11 is 5.88. The first-order valence-corrected chi connectivity index (χ1v) is 6.80. The van der Waals surface area contributed by atoms with E-state index >= 15 is 0 Å². The lowest BCUT2D eigenvalue weighted by Crippen LogP contribution is -2.23. The first-order chi connectivity index (χ1) is 10.2. The quantitative estimate of drug-likeness (QED) is 0.743. The molecule has 0 spiro atoms. The van der Waals surface area contributed by atoms with Gasteiger partial charge in [-0.1, -0.05) is 17.7 Å². The highest BCUT2D eigenvalue weighted by atomic mass is 35.5. The van der Waals surface area contributed by atoms with Crippen LogP contribution in [0.5, 0.6) is 5.75 Å². The number of hydrogen-bond acceptors (Lipinski definition) is 4. The molecule has 0 saturated heterocycles. The molecule has 0 unspecified atom stereocenters. The molecule has 0 aliphatic heterocycles. The van der Waals surface area contributed by atoms with Crippen molar-refractivity contribution in [1.82, 2.24) is 14.5 Å². The fraction of sp³-hybridized carbons (Fsp3) is 0.133. The van der Waals surface area contributed by atoms with Crippen molar-refractivity contribution in [2.75, 3.05) is 6.61 Å². The molecular formula is C15H12ClN3O2. The molecule has 0 saturated carbocycles. The van der Waals surface area contributed by atoms with Gasteiger partial charge in [-0.2, -0.15) is 0 Å². The van der Waals surface area contributed by atoms with Gasteiger partial charge in [0.2, 0.25) is 0 Å². The first-order valence-electron chi connectivity index (χ1n) is 6.42. The molecular weight excluding hydrogens is 290 g/mol. The number of halogens is 1. The van der Waals surface area contributed by atoms with E-state index in [1.165, 1.54) is 10.9 Å². The highest BCUT2D eigenvalue weighted by Crippen LogP contribution is 2.16. The Bertz CT molecular complexity index is 832. The van der Waals surface area contributed by atoms with Crippen LogP contribution in [0.4, 0.5) is 0 Å². The second kappa shape index (κ2) is 5.93. The zero-order valence-electron chi connectivity index (χ0n) is 11.1. The Kier molecular flexibility index (Phi) is 3.83. The molecule has 106 valence electrons. The summed E-state index contributed by atoms with van der Waals surface area (Å²) in [5, 5.41) is 1.12. The monoisotopic (exact) mass is 301 g/mol. The molecule has 2 aromatic heterocycles. The van der Waals surface area contributed by atoms with Crippen LogP contribution in [0.3, 0.4) is 0 Å². The van der Waals surface area contributed by atoms with Crippen molar-refractivity contribution in [2.45, 2.75) is 6.54 Å². The van der Waals surface area contributed by atoms with Crippen LogP contribution in [0.2, 0.25) is 5.02 Å². The van der Waals surface area contributed by atoms with E-state index in [1.807, 2.05) is 12.1 Å². The molecule has 3 rings (SSSR count). The fourth-order valence-corrected chi connectivity index (χ4v) is 2.16. The minimum atomic E-state index is -0.122. The van der Waals surface area contributed by atoms with E-state index in [1.54, 1.807) is 30.5 Å². The lowest BCUT2D eigenvalue weighted by atomic mass is 10.3. The maximum Gasteiger partial charge on any atom is 0.262 e. The number of nitrogens with zero attached hydrogens (tertiary/aromatic N) is 3. The smallest absolute Gasteiger partial charge is 0.262 e. The fourth-order valence-electron chi connectivity index (χ4n) is 1.98. The van der Waals surface area contributed by atoms with Crippen molar-refractivity contribution >= 4 is 22.6 Å². The highest BCUT2D eigenvalue weighted by Gasteiger charge is 2.04. The summed E-state index contributed by atoms with van der Waals surface area (Å²) < 4.78 is 7.08. The van der Waals surface area contributed by atoms with Crippen LogP contribution in [0.15, 0.2) is 53.7 Å². The van der Waals surface area contributed by atoms with Crippen LogP contribution in [0, 0.1) is 0 Å². The molecule has 0 fully saturated rings. The van der Waals surface area contributed by atoms with Crippen LogP contribution in [-0.4, -0.2) is 21.1 Å². The highest BCUT2D eigenvalue weighted by molar-refractivity contribution is 6.30. The van der Waals surface area contributed by atoms with Crippen LogP contribution < -0.4 is 10.3 Å². The van der Waals surface area contributed by atoms with Gasteiger partial charge in [-0.3, -0.25) is 9.36 Å². The summed E-state index contributed by atoms with van der Waals surface area (Å²) in [5.74, 6) is 0.672. The van der Waals surface area contributed by atoms with Gasteiger partial charge >= 0.3 is 0 Å². The molecule has 0 bridgehead atoms. The topological polar surface area (TPSA) is 57.0 Å². The summed E-state index contributed by atoms with van der Waals surface area (Å²) in [6.45, 7) is 0.761. The maximum atomic E-state index is 12.2. The van der Waals surface area contributed by atoms with Crippen molar-refractivity contribution < 1.29 is 4.74 Å². The van der Waals surface area contributed by atoms with Crippen LogP contribution in [-0.2, 0) is 6.54 Å². The summed E-state index contributed by atoms with van der Waals surface area (Å²) in [6, 6.07) is 10.6. The third kappa shape index (κ3) is 3.03. The molecule has 21 heavy (non-hydrogen) atoms. The minimum Gasteiger partial charge on any atom is -0.492 e. The van der Waals surface area contributed by atoms with Gasteiger partial charge < -0.3 is 4.74 Å². The standard InChI is InChI=1S/C15H12ClN3O2/c16-11-3-1-4-12(9-11)21-8-7-19-10-18-14-13(15(19)20)5-2-6-17-14/h1-6,9-10H,7-8H2. The summed E-state index contributed by atoms with van der Waals surface area (Å²) in [4.78, 5) is 20.4. The Morgan fingerprint density at radius 2 is 2.10 bits per heavy atom. The van der Waals surface area contributed by atoms with Crippen LogP contribution in [0.1, 0.15) is 0 Å². The van der Waals surface area contributed by atoms with Crippen molar-refractivity contribution in [3.63, 3.8) is 0 Å². The van der Waals surface area contributed by atoms with Gasteiger partial charge in [-0.05, 0) is 30.3 Å². The molecule has 1 aromatic carbocycles. The molecule has 5 nitrogen and oxygen atoms in total. The van der Waals surface area contributed by atoms with Crippen molar-refractivity contribution in [3.05, 3.63) is 64.3 Å². The van der Waals surface area contributed by atoms with Gasteiger partial charge in [0.05, 0.1) is 11.9 Å². The Morgan fingerprint density at radius 3 is 2.95 bits per heavy atom. The summed E-state index contributed by atoms with van der Waals surface area (Å²) in [6.07, 6.45) is 3.10. The molecule has 3 aromatic rings. The molecule has 2 heterocycles. The Balaban J connectivity index is 1.74. The zero-order valence-corrected chi connectivity index (χ0v) is 11.8. The summed E-state index contributed by atoms with van der Waals surface area (Å²) in [5.41, 5.74) is 0.331. The number of ether oxygens (including phenoxy) is 1. The average molecular weight is 302 g/mol. The minimum absolute atomic E-state index is 0.122.